The van der Waals surface area contributed by atoms with Gasteiger partial charge in [0.15, 0.2) is 0 Å². The number of ether oxygens (including phenoxy) is 2. The van der Waals surface area contributed by atoms with Crippen molar-refractivity contribution in [3.05, 3.63) is 0 Å². The fourth-order valence-electron chi connectivity index (χ4n) is 3.30. The van der Waals surface area contributed by atoms with E-state index in [9.17, 15) is 9.59 Å². The molecular formula is C18H32O4. The smallest absolute Gasteiger partial charge is 0.308 e. The first-order valence-corrected chi connectivity index (χ1v) is 8.99. The van der Waals surface area contributed by atoms with Gasteiger partial charge in [-0.2, -0.15) is 0 Å². The van der Waals surface area contributed by atoms with E-state index in [0.717, 1.165) is 6.42 Å². The molecular weight excluding hydrogens is 280 g/mol. The summed E-state index contributed by atoms with van der Waals surface area (Å²) < 4.78 is 10.2. The van der Waals surface area contributed by atoms with Gasteiger partial charge in [-0.15, -0.1) is 0 Å². The minimum absolute atomic E-state index is 0.145. The van der Waals surface area contributed by atoms with E-state index in [1.807, 2.05) is 6.92 Å². The second-order valence-corrected chi connectivity index (χ2v) is 6.24. The quantitative estimate of drug-likeness (QED) is 0.628. The minimum atomic E-state index is -0.213. The van der Waals surface area contributed by atoms with Crippen molar-refractivity contribution in [2.75, 3.05) is 13.2 Å². The highest BCUT2D eigenvalue weighted by molar-refractivity contribution is 5.74. The molecule has 0 amide bonds. The Bertz CT molecular complexity index is 319. The molecule has 0 aromatic rings. The monoisotopic (exact) mass is 312 g/mol. The van der Waals surface area contributed by atoms with Crippen LogP contribution in [0.3, 0.4) is 0 Å². The molecule has 0 aromatic heterocycles. The molecule has 4 heteroatoms. The van der Waals surface area contributed by atoms with E-state index >= 15 is 0 Å². The first-order valence-electron chi connectivity index (χ1n) is 8.99. The normalized spacial score (nSPS) is 18.1. The number of esters is 2. The van der Waals surface area contributed by atoms with Crippen molar-refractivity contribution in [2.24, 2.45) is 11.8 Å². The largest absolute Gasteiger partial charge is 0.466 e. The summed E-state index contributed by atoms with van der Waals surface area (Å²) in [7, 11) is 0. The van der Waals surface area contributed by atoms with Gasteiger partial charge in [0, 0.05) is 6.42 Å². The SMILES string of the molecule is CCOC(=O)CC[C@@H](CC1CCCCCCC1)C(=O)OCC. The topological polar surface area (TPSA) is 52.6 Å². The van der Waals surface area contributed by atoms with E-state index in [1.54, 1.807) is 6.92 Å². The third kappa shape index (κ3) is 7.81. The van der Waals surface area contributed by atoms with Gasteiger partial charge in [-0.25, -0.2) is 0 Å². The predicted molar refractivity (Wildman–Crippen MR) is 86.4 cm³/mol. The van der Waals surface area contributed by atoms with Crippen molar-refractivity contribution in [1.82, 2.24) is 0 Å². The molecule has 1 aliphatic rings. The molecule has 1 aliphatic carbocycles. The molecule has 1 rings (SSSR count). The molecule has 1 fully saturated rings. The van der Waals surface area contributed by atoms with E-state index in [0.29, 0.717) is 32.0 Å². The molecule has 0 heterocycles. The van der Waals surface area contributed by atoms with Gasteiger partial charge in [0.2, 0.25) is 0 Å². The molecule has 0 radical (unpaired) electrons. The molecule has 0 aliphatic heterocycles. The van der Waals surface area contributed by atoms with Crippen LogP contribution in [-0.4, -0.2) is 25.2 Å². The summed E-state index contributed by atoms with van der Waals surface area (Å²) in [6.07, 6.45) is 10.6. The molecule has 0 unspecified atom stereocenters. The Kier molecular flexibility index (Phi) is 9.93. The molecule has 0 aromatic carbocycles. The summed E-state index contributed by atoms with van der Waals surface area (Å²) in [6.45, 7) is 4.43. The van der Waals surface area contributed by atoms with Gasteiger partial charge < -0.3 is 9.47 Å². The number of carbonyl (C=O) groups is 2. The standard InChI is InChI=1S/C18H32O4/c1-3-21-17(19)13-12-16(18(20)22-4-2)14-15-10-8-6-5-7-9-11-15/h15-16H,3-14H2,1-2H3/t16-/m0/s1. The van der Waals surface area contributed by atoms with E-state index in [1.165, 1.54) is 44.9 Å². The molecule has 22 heavy (non-hydrogen) atoms. The zero-order chi connectivity index (χ0) is 16.2. The first kappa shape index (κ1) is 19.0. The third-order valence-corrected chi connectivity index (χ3v) is 4.46. The average Bonchev–Trinajstić information content (AvgIpc) is 2.45. The van der Waals surface area contributed by atoms with E-state index in [-0.39, 0.29) is 17.9 Å². The molecule has 128 valence electrons. The molecule has 0 bridgehead atoms. The number of rotatable bonds is 8. The van der Waals surface area contributed by atoms with Crippen LogP contribution in [0.4, 0.5) is 0 Å². The molecule has 0 spiro atoms. The Balaban J connectivity index is 2.51. The van der Waals surface area contributed by atoms with E-state index in [2.05, 4.69) is 0 Å². The Hall–Kier alpha value is -1.06. The van der Waals surface area contributed by atoms with Gasteiger partial charge in [0.25, 0.3) is 0 Å². The maximum Gasteiger partial charge on any atom is 0.308 e. The highest BCUT2D eigenvalue weighted by atomic mass is 16.5. The highest BCUT2D eigenvalue weighted by Crippen LogP contribution is 2.29. The van der Waals surface area contributed by atoms with Gasteiger partial charge >= 0.3 is 11.9 Å². The first-order chi connectivity index (χ1) is 10.7. The van der Waals surface area contributed by atoms with Crippen LogP contribution in [-0.2, 0) is 19.1 Å². The number of hydrogen-bond acceptors (Lipinski definition) is 4. The molecule has 0 saturated heterocycles. The minimum Gasteiger partial charge on any atom is -0.466 e. The summed E-state index contributed by atoms with van der Waals surface area (Å²) in [5.41, 5.74) is 0. The molecule has 0 N–H and O–H groups in total. The van der Waals surface area contributed by atoms with Crippen molar-refractivity contribution < 1.29 is 19.1 Å². The second kappa shape index (κ2) is 11.5. The lowest BCUT2D eigenvalue weighted by molar-refractivity contribution is -0.150. The Morgan fingerprint density at radius 1 is 0.955 bits per heavy atom. The summed E-state index contributed by atoms with van der Waals surface area (Å²) >= 11 is 0. The lowest BCUT2D eigenvalue weighted by Gasteiger charge is -2.24. The third-order valence-electron chi connectivity index (χ3n) is 4.46. The summed E-state index contributed by atoms with van der Waals surface area (Å²) in [5, 5.41) is 0. The van der Waals surface area contributed by atoms with Crippen LogP contribution in [0.2, 0.25) is 0 Å². The number of hydrogen-bond donors (Lipinski definition) is 0. The predicted octanol–water partition coefficient (Wildman–Crippen LogP) is 4.26. The van der Waals surface area contributed by atoms with Gasteiger partial charge in [-0.05, 0) is 32.6 Å². The van der Waals surface area contributed by atoms with Crippen molar-refractivity contribution >= 4 is 11.9 Å². The fraction of sp³-hybridized carbons (Fsp3) is 0.889. The lowest BCUT2D eigenvalue weighted by Crippen LogP contribution is -2.23. The van der Waals surface area contributed by atoms with Crippen LogP contribution in [0.15, 0.2) is 0 Å². The van der Waals surface area contributed by atoms with Crippen LogP contribution < -0.4 is 0 Å². The zero-order valence-electron chi connectivity index (χ0n) is 14.3. The van der Waals surface area contributed by atoms with Crippen LogP contribution in [0.5, 0.6) is 0 Å². The Morgan fingerprint density at radius 2 is 1.55 bits per heavy atom. The van der Waals surface area contributed by atoms with Gasteiger partial charge in [0.1, 0.15) is 0 Å². The number of carbonyl (C=O) groups excluding carboxylic acids is 2. The van der Waals surface area contributed by atoms with Crippen LogP contribution in [0.1, 0.15) is 78.1 Å². The van der Waals surface area contributed by atoms with Crippen molar-refractivity contribution in [3.63, 3.8) is 0 Å². The Labute approximate surface area is 134 Å². The fourth-order valence-corrected chi connectivity index (χ4v) is 3.30. The second-order valence-electron chi connectivity index (χ2n) is 6.24. The molecule has 1 atom stereocenters. The average molecular weight is 312 g/mol. The van der Waals surface area contributed by atoms with Crippen molar-refractivity contribution in [3.8, 4) is 0 Å². The maximum atomic E-state index is 12.2. The van der Waals surface area contributed by atoms with Crippen molar-refractivity contribution in [1.29, 1.82) is 0 Å². The van der Waals surface area contributed by atoms with E-state index < -0.39 is 0 Å². The van der Waals surface area contributed by atoms with Gasteiger partial charge in [-0.3, -0.25) is 9.59 Å². The van der Waals surface area contributed by atoms with Crippen molar-refractivity contribution in [2.45, 2.75) is 78.1 Å². The van der Waals surface area contributed by atoms with Crippen LogP contribution in [0.25, 0.3) is 0 Å². The molecule has 4 nitrogen and oxygen atoms in total. The highest BCUT2D eigenvalue weighted by Gasteiger charge is 2.25. The van der Waals surface area contributed by atoms with E-state index in [4.69, 9.17) is 9.47 Å². The van der Waals surface area contributed by atoms with Crippen LogP contribution >= 0.6 is 0 Å². The zero-order valence-corrected chi connectivity index (χ0v) is 14.3. The maximum absolute atomic E-state index is 12.2. The van der Waals surface area contributed by atoms with Gasteiger partial charge in [-0.1, -0.05) is 44.9 Å². The Morgan fingerprint density at radius 3 is 2.14 bits per heavy atom. The van der Waals surface area contributed by atoms with Gasteiger partial charge in [0.05, 0.1) is 19.1 Å². The summed E-state index contributed by atoms with van der Waals surface area (Å²) in [5.74, 6) is 0.0778. The molecule has 1 saturated carbocycles. The summed E-state index contributed by atoms with van der Waals surface area (Å²) in [4.78, 5) is 23.7. The lowest BCUT2D eigenvalue weighted by atomic mass is 9.83. The summed E-state index contributed by atoms with van der Waals surface area (Å²) in [6, 6.07) is 0. The van der Waals surface area contributed by atoms with Crippen LogP contribution in [0, 0.1) is 11.8 Å².